The fraction of sp³-hybridized carbons (Fsp3) is 0.429. The number of aliphatic hydroxyl groups is 1. The van der Waals surface area contributed by atoms with Crippen LogP contribution in [0.15, 0.2) is 48.5 Å². The highest BCUT2D eigenvalue weighted by molar-refractivity contribution is 5.52. The third kappa shape index (κ3) is 2.94. The average molecular weight is 322 g/mol. The molecule has 1 heterocycles. The number of nitrogens with two attached hydrogens (primary N) is 1. The van der Waals surface area contributed by atoms with Gasteiger partial charge in [-0.15, -0.1) is 0 Å². The van der Waals surface area contributed by atoms with E-state index in [1.807, 2.05) is 12.1 Å². The number of anilines is 1. The minimum atomic E-state index is -0.285. The first-order valence-electron chi connectivity index (χ1n) is 9.05. The summed E-state index contributed by atoms with van der Waals surface area (Å²) in [6.07, 6.45) is 3.66. The van der Waals surface area contributed by atoms with Gasteiger partial charge in [-0.25, -0.2) is 0 Å². The zero-order valence-corrected chi connectivity index (χ0v) is 14.1. The molecule has 1 fully saturated rings. The number of hydrogen-bond donors (Lipinski definition) is 2. The standard InChI is InChI=1S/C21H26N2O/c22-19-8-4-7-17-13-21(24)20(14-18(17)19)23-11-9-16(10-12-23)15-5-2-1-3-6-15/h1-8,16,20-21,24H,9-14,22H2/t20-,21-/m0/s1. The Hall–Kier alpha value is -1.84. The van der Waals surface area contributed by atoms with Crippen LogP contribution in [0.2, 0.25) is 0 Å². The van der Waals surface area contributed by atoms with Crippen molar-refractivity contribution in [2.75, 3.05) is 18.8 Å². The number of aliphatic hydroxyl groups excluding tert-OH is 1. The molecule has 126 valence electrons. The first-order chi connectivity index (χ1) is 11.7. The van der Waals surface area contributed by atoms with E-state index >= 15 is 0 Å². The molecule has 2 atom stereocenters. The Morgan fingerprint density at radius 3 is 2.42 bits per heavy atom. The third-order valence-electron chi connectivity index (χ3n) is 5.87. The largest absolute Gasteiger partial charge is 0.398 e. The van der Waals surface area contributed by atoms with Gasteiger partial charge in [-0.1, -0.05) is 42.5 Å². The number of nitrogen functional groups attached to an aromatic ring is 1. The summed E-state index contributed by atoms with van der Waals surface area (Å²) in [6, 6.07) is 17.1. The van der Waals surface area contributed by atoms with Gasteiger partial charge in [-0.05, 0) is 61.0 Å². The molecular formula is C21H26N2O. The van der Waals surface area contributed by atoms with Crippen molar-refractivity contribution in [3.8, 4) is 0 Å². The van der Waals surface area contributed by atoms with Crippen LogP contribution in [0.4, 0.5) is 5.69 Å². The smallest absolute Gasteiger partial charge is 0.0739 e. The molecule has 0 bridgehead atoms. The molecule has 3 nitrogen and oxygen atoms in total. The zero-order chi connectivity index (χ0) is 16.5. The summed E-state index contributed by atoms with van der Waals surface area (Å²) < 4.78 is 0. The van der Waals surface area contributed by atoms with Crippen molar-refractivity contribution in [3.05, 3.63) is 65.2 Å². The first kappa shape index (κ1) is 15.7. The van der Waals surface area contributed by atoms with E-state index in [0.29, 0.717) is 5.92 Å². The second kappa shape index (κ2) is 6.58. The molecular weight excluding hydrogens is 296 g/mol. The van der Waals surface area contributed by atoms with Crippen molar-refractivity contribution in [2.24, 2.45) is 0 Å². The number of benzene rings is 2. The first-order valence-corrected chi connectivity index (χ1v) is 9.05. The number of likely N-dealkylation sites (tertiary alicyclic amines) is 1. The van der Waals surface area contributed by atoms with Crippen molar-refractivity contribution in [1.82, 2.24) is 4.90 Å². The molecule has 3 heteroatoms. The summed E-state index contributed by atoms with van der Waals surface area (Å²) >= 11 is 0. The minimum absolute atomic E-state index is 0.207. The van der Waals surface area contributed by atoms with Gasteiger partial charge in [0, 0.05) is 18.2 Å². The van der Waals surface area contributed by atoms with E-state index in [-0.39, 0.29) is 12.1 Å². The molecule has 2 aromatic carbocycles. The molecule has 1 aliphatic heterocycles. The molecule has 0 spiro atoms. The van der Waals surface area contributed by atoms with E-state index in [1.165, 1.54) is 29.5 Å². The van der Waals surface area contributed by atoms with Gasteiger partial charge in [0.05, 0.1) is 6.10 Å². The van der Waals surface area contributed by atoms with Crippen LogP contribution < -0.4 is 5.73 Å². The van der Waals surface area contributed by atoms with Crippen molar-refractivity contribution in [1.29, 1.82) is 0 Å². The van der Waals surface area contributed by atoms with Crippen molar-refractivity contribution in [3.63, 3.8) is 0 Å². The monoisotopic (exact) mass is 322 g/mol. The fourth-order valence-electron chi connectivity index (χ4n) is 4.46. The summed E-state index contributed by atoms with van der Waals surface area (Å²) in [5.41, 5.74) is 11.0. The number of nitrogens with zero attached hydrogens (tertiary/aromatic N) is 1. The summed E-state index contributed by atoms with van der Waals surface area (Å²) in [5, 5.41) is 10.7. The highest BCUT2D eigenvalue weighted by Crippen LogP contribution is 2.33. The molecule has 2 aromatic rings. The molecule has 0 radical (unpaired) electrons. The predicted molar refractivity (Wildman–Crippen MR) is 98.0 cm³/mol. The van der Waals surface area contributed by atoms with E-state index in [9.17, 15) is 5.11 Å². The van der Waals surface area contributed by atoms with Crippen LogP contribution in [0.3, 0.4) is 0 Å². The van der Waals surface area contributed by atoms with Gasteiger partial charge in [0.15, 0.2) is 0 Å². The molecule has 0 unspecified atom stereocenters. The third-order valence-corrected chi connectivity index (χ3v) is 5.87. The second-order valence-electron chi connectivity index (χ2n) is 7.25. The van der Waals surface area contributed by atoms with Crippen LogP contribution in [-0.4, -0.2) is 35.2 Å². The maximum absolute atomic E-state index is 10.7. The van der Waals surface area contributed by atoms with Crippen LogP contribution in [0.1, 0.15) is 35.4 Å². The van der Waals surface area contributed by atoms with Crippen LogP contribution in [-0.2, 0) is 12.8 Å². The lowest BCUT2D eigenvalue weighted by molar-refractivity contribution is 0.0296. The summed E-state index contributed by atoms with van der Waals surface area (Å²) in [5.74, 6) is 0.653. The Labute approximate surface area is 144 Å². The lowest BCUT2D eigenvalue weighted by Crippen LogP contribution is -2.51. The summed E-state index contributed by atoms with van der Waals surface area (Å²) in [4.78, 5) is 2.49. The normalized spacial score (nSPS) is 25.4. The Kier molecular flexibility index (Phi) is 4.30. The van der Waals surface area contributed by atoms with Crippen molar-refractivity contribution < 1.29 is 5.11 Å². The Morgan fingerprint density at radius 2 is 1.67 bits per heavy atom. The van der Waals surface area contributed by atoms with Crippen LogP contribution >= 0.6 is 0 Å². The van der Waals surface area contributed by atoms with E-state index in [1.54, 1.807) is 0 Å². The lowest BCUT2D eigenvalue weighted by Gasteiger charge is -2.42. The number of piperidine rings is 1. The van der Waals surface area contributed by atoms with E-state index < -0.39 is 0 Å². The van der Waals surface area contributed by atoms with E-state index in [2.05, 4.69) is 41.3 Å². The molecule has 0 amide bonds. The van der Waals surface area contributed by atoms with Gasteiger partial charge in [-0.3, -0.25) is 4.90 Å². The van der Waals surface area contributed by atoms with Crippen LogP contribution in [0.25, 0.3) is 0 Å². The molecule has 2 aliphatic rings. The molecule has 1 saturated heterocycles. The van der Waals surface area contributed by atoms with Crippen LogP contribution in [0.5, 0.6) is 0 Å². The number of rotatable bonds is 2. The quantitative estimate of drug-likeness (QED) is 0.836. The molecule has 24 heavy (non-hydrogen) atoms. The highest BCUT2D eigenvalue weighted by Gasteiger charge is 2.34. The van der Waals surface area contributed by atoms with Gasteiger partial charge in [-0.2, -0.15) is 0 Å². The second-order valence-corrected chi connectivity index (χ2v) is 7.25. The summed E-state index contributed by atoms with van der Waals surface area (Å²) in [6.45, 7) is 2.12. The number of hydrogen-bond acceptors (Lipinski definition) is 3. The fourth-order valence-corrected chi connectivity index (χ4v) is 4.46. The average Bonchev–Trinajstić information content (AvgIpc) is 2.62. The summed E-state index contributed by atoms with van der Waals surface area (Å²) in [7, 11) is 0. The molecule has 3 N–H and O–H groups in total. The molecule has 0 aromatic heterocycles. The minimum Gasteiger partial charge on any atom is -0.398 e. The zero-order valence-electron chi connectivity index (χ0n) is 14.1. The van der Waals surface area contributed by atoms with Crippen LogP contribution in [0, 0.1) is 0 Å². The SMILES string of the molecule is Nc1cccc2c1C[C@H](N1CCC(c3ccccc3)CC1)[C@@H](O)C2. The van der Waals surface area contributed by atoms with Crippen molar-refractivity contribution in [2.45, 2.75) is 43.7 Å². The molecule has 0 saturated carbocycles. The van der Waals surface area contributed by atoms with Crippen molar-refractivity contribution >= 4 is 5.69 Å². The highest BCUT2D eigenvalue weighted by atomic mass is 16.3. The topological polar surface area (TPSA) is 49.5 Å². The van der Waals surface area contributed by atoms with Gasteiger partial charge in [0.2, 0.25) is 0 Å². The van der Waals surface area contributed by atoms with E-state index in [4.69, 9.17) is 5.73 Å². The Bertz CT molecular complexity index is 692. The van der Waals surface area contributed by atoms with Gasteiger partial charge < -0.3 is 10.8 Å². The predicted octanol–water partition coefficient (Wildman–Crippen LogP) is 2.98. The van der Waals surface area contributed by atoms with Gasteiger partial charge in [0.1, 0.15) is 0 Å². The maximum atomic E-state index is 10.7. The molecule has 1 aliphatic carbocycles. The molecule has 4 rings (SSSR count). The lowest BCUT2D eigenvalue weighted by atomic mass is 9.82. The maximum Gasteiger partial charge on any atom is 0.0739 e. The van der Waals surface area contributed by atoms with E-state index in [0.717, 1.165) is 31.6 Å². The van der Waals surface area contributed by atoms with Gasteiger partial charge >= 0.3 is 0 Å². The number of fused-ring (bicyclic) bond motifs is 1. The Balaban J connectivity index is 1.45. The Morgan fingerprint density at radius 1 is 0.917 bits per heavy atom. The van der Waals surface area contributed by atoms with Gasteiger partial charge in [0.25, 0.3) is 0 Å².